The summed E-state index contributed by atoms with van der Waals surface area (Å²) in [5.41, 5.74) is 3.13. The van der Waals surface area contributed by atoms with Crippen molar-refractivity contribution in [1.82, 2.24) is 5.32 Å². The molecule has 0 spiro atoms. The second-order valence-electron chi connectivity index (χ2n) is 5.67. The standard InChI is InChI=1S/C16H27NS/c1-6-16(4,5)17-11-14(3)18-12-15-10-8-7-9-13(15)2/h7-10,14,17H,6,11-12H2,1-5H3. The summed E-state index contributed by atoms with van der Waals surface area (Å²) < 4.78 is 0. The second kappa shape index (κ2) is 7.20. The Bertz CT molecular complexity index is 360. The molecule has 0 aliphatic carbocycles. The summed E-state index contributed by atoms with van der Waals surface area (Å²) >= 11 is 2.03. The molecule has 18 heavy (non-hydrogen) atoms. The highest BCUT2D eigenvalue weighted by molar-refractivity contribution is 7.99. The van der Waals surface area contributed by atoms with Gasteiger partial charge in [-0.25, -0.2) is 0 Å². The molecule has 1 N–H and O–H groups in total. The van der Waals surface area contributed by atoms with Gasteiger partial charge in [-0.2, -0.15) is 11.8 Å². The van der Waals surface area contributed by atoms with Crippen molar-refractivity contribution in [3.8, 4) is 0 Å². The lowest BCUT2D eigenvalue weighted by Gasteiger charge is -2.26. The smallest absolute Gasteiger partial charge is 0.0190 e. The van der Waals surface area contributed by atoms with Gasteiger partial charge >= 0.3 is 0 Å². The van der Waals surface area contributed by atoms with E-state index in [1.54, 1.807) is 0 Å². The van der Waals surface area contributed by atoms with Gasteiger partial charge in [0.15, 0.2) is 0 Å². The molecule has 1 unspecified atom stereocenters. The van der Waals surface area contributed by atoms with E-state index in [0.29, 0.717) is 5.25 Å². The van der Waals surface area contributed by atoms with Crippen LogP contribution < -0.4 is 5.32 Å². The zero-order valence-electron chi connectivity index (χ0n) is 12.4. The Labute approximate surface area is 117 Å². The third-order valence-electron chi connectivity index (χ3n) is 3.54. The van der Waals surface area contributed by atoms with E-state index in [1.807, 2.05) is 11.8 Å². The van der Waals surface area contributed by atoms with Crippen molar-refractivity contribution < 1.29 is 0 Å². The maximum Gasteiger partial charge on any atom is 0.0190 e. The quantitative estimate of drug-likeness (QED) is 0.784. The molecule has 0 saturated heterocycles. The van der Waals surface area contributed by atoms with Gasteiger partial charge in [0, 0.05) is 23.1 Å². The van der Waals surface area contributed by atoms with Gasteiger partial charge in [0.2, 0.25) is 0 Å². The summed E-state index contributed by atoms with van der Waals surface area (Å²) in [6.07, 6.45) is 1.17. The number of rotatable bonds is 7. The van der Waals surface area contributed by atoms with Crippen molar-refractivity contribution in [3.05, 3.63) is 35.4 Å². The van der Waals surface area contributed by atoms with Gasteiger partial charge in [0.25, 0.3) is 0 Å². The fourth-order valence-electron chi connectivity index (χ4n) is 1.61. The summed E-state index contributed by atoms with van der Waals surface area (Å²) in [4.78, 5) is 0. The normalized spacial score (nSPS) is 13.6. The summed E-state index contributed by atoms with van der Waals surface area (Å²) in [5, 5.41) is 4.29. The average Bonchev–Trinajstić information content (AvgIpc) is 2.35. The summed E-state index contributed by atoms with van der Waals surface area (Å²) in [6.45, 7) is 12.4. The summed E-state index contributed by atoms with van der Waals surface area (Å²) in [6, 6.07) is 8.67. The van der Waals surface area contributed by atoms with Crippen molar-refractivity contribution >= 4 is 11.8 Å². The minimum absolute atomic E-state index is 0.261. The van der Waals surface area contributed by atoms with Gasteiger partial charge in [-0.15, -0.1) is 0 Å². The molecule has 1 aromatic carbocycles. The van der Waals surface area contributed by atoms with E-state index < -0.39 is 0 Å². The Hall–Kier alpha value is -0.470. The highest BCUT2D eigenvalue weighted by Crippen LogP contribution is 2.20. The molecule has 0 heterocycles. The predicted octanol–water partition coefficient (Wildman–Crippen LogP) is 4.39. The maximum absolute atomic E-state index is 3.64. The molecule has 0 aromatic heterocycles. The Morgan fingerprint density at radius 3 is 2.56 bits per heavy atom. The zero-order chi connectivity index (χ0) is 13.6. The van der Waals surface area contributed by atoms with Crippen LogP contribution in [-0.4, -0.2) is 17.3 Å². The van der Waals surface area contributed by atoms with E-state index in [2.05, 4.69) is 64.2 Å². The molecule has 0 bridgehead atoms. The molecule has 0 aliphatic rings. The van der Waals surface area contributed by atoms with Crippen LogP contribution in [0.2, 0.25) is 0 Å². The van der Waals surface area contributed by atoms with E-state index in [-0.39, 0.29) is 5.54 Å². The van der Waals surface area contributed by atoms with Crippen molar-refractivity contribution in [1.29, 1.82) is 0 Å². The lowest BCUT2D eigenvalue weighted by Crippen LogP contribution is -2.41. The van der Waals surface area contributed by atoms with E-state index in [0.717, 1.165) is 12.3 Å². The van der Waals surface area contributed by atoms with Crippen molar-refractivity contribution in [2.24, 2.45) is 0 Å². The molecule has 1 nitrogen and oxygen atoms in total. The van der Waals surface area contributed by atoms with Crippen LogP contribution in [0.5, 0.6) is 0 Å². The van der Waals surface area contributed by atoms with Crippen LogP contribution in [0.1, 0.15) is 45.2 Å². The molecule has 0 radical (unpaired) electrons. The SMILES string of the molecule is CCC(C)(C)NCC(C)SCc1ccccc1C. The predicted molar refractivity (Wildman–Crippen MR) is 84.3 cm³/mol. The molecule has 1 rings (SSSR count). The number of hydrogen-bond donors (Lipinski definition) is 1. The minimum atomic E-state index is 0.261. The first kappa shape index (κ1) is 15.6. The first-order valence-electron chi connectivity index (χ1n) is 6.86. The highest BCUT2D eigenvalue weighted by atomic mass is 32.2. The third kappa shape index (κ3) is 5.45. The van der Waals surface area contributed by atoms with E-state index in [4.69, 9.17) is 0 Å². The van der Waals surface area contributed by atoms with Crippen LogP contribution in [0, 0.1) is 6.92 Å². The van der Waals surface area contributed by atoms with Gasteiger partial charge in [0.05, 0.1) is 0 Å². The van der Waals surface area contributed by atoms with Gasteiger partial charge in [-0.05, 0) is 38.3 Å². The van der Waals surface area contributed by atoms with Crippen molar-refractivity contribution in [3.63, 3.8) is 0 Å². The number of aryl methyl sites for hydroxylation is 1. The van der Waals surface area contributed by atoms with E-state index in [1.165, 1.54) is 17.5 Å². The molecule has 102 valence electrons. The fourth-order valence-corrected chi connectivity index (χ4v) is 2.60. The lowest BCUT2D eigenvalue weighted by atomic mass is 10.0. The van der Waals surface area contributed by atoms with Gasteiger partial charge in [0.1, 0.15) is 0 Å². The van der Waals surface area contributed by atoms with Crippen LogP contribution in [0.3, 0.4) is 0 Å². The monoisotopic (exact) mass is 265 g/mol. The topological polar surface area (TPSA) is 12.0 Å². The number of benzene rings is 1. The van der Waals surface area contributed by atoms with Crippen LogP contribution in [0.25, 0.3) is 0 Å². The second-order valence-corrected chi connectivity index (χ2v) is 7.09. The summed E-state index contributed by atoms with van der Waals surface area (Å²) in [5.74, 6) is 1.11. The molecule has 0 fully saturated rings. The molecule has 0 saturated carbocycles. The van der Waals surface area contributed by atoms with E-state index in [9.17, 15) is 0 Å². The van der Waals surface area contributed by atoms with Crippen LogP contribution in [-0.2, 0) is 5.75 Å². The first-order valence-corrected chi connectivity index (χ1v) is 7.90. The largest absolute Gasteiger partial charge is 0.311 e. The van der Waals surface area contributed by atoms with Gasteiger partial charge in [-0.1, -0.05) is 38.1 Å². The minimum Gasteiger partial charge on any atom is -0.311 e. The molecule has 0 amide bonds. The maximum atomic E-state index is 3.64. The number of hydrogen-bond acceptors (Lipinski definition) is 2. The van der Waals surface area contributed by atoms with Crippen LogP contribution >= 0.6 is 11.8 Å². The number of nitrogens with one attached hydrogen (secondary N) is 1. The molecule has 2 heteroatoms. The van der Waals surface area contributed by atoms with Crippen molar-refractivity contribution in [2.45, 2.75) is 57.6 Å². The lowest BCUT2D eigenvalue weighted by molar-refractivity contribution is 0.379. The van der Waals surface area contributed by atoms with Gasteiger partial charge in [-0.3, -0.25) is 0 Å². The molecular weight excluding hydrogens is 238 g/mol. The molecule has 0 aliphatic heterocycles. The summed E-state index contributed by atoms with van der Waals surface area (Å²) in [7, 11) is 0. The first-order chi connectivity index (χ1) is 8.44. The van der Waals surface area contributed by atoms with Crippen LogP contribution in [0.4, 0.5) is 0 Å². The molecule has 1 aromatic rings. The zero-order valence-corrected chi connectivity index (χ0v) is 13.2. The van der Waals surface area contributed by atoms with Crippen molar-refractivity contribution in [2.75, 3.05) is 6.54 Å². The fraction of sp³-hybridized carbons (Fsp3) is 0.625. The Morgan fingerprint density at radius 1 is 1.28 bits per heavy atom. The highest BCUT2D eigenvalue weighted by Gasteiger charge is 2.15. The third-order valence-corrected chi connectivity index (χ3v) is 4.75. The number of thioether (sulfide) groups is 1. The Balaban J connectivity index is 2.34. The molecular formula is C16H27NS. The Kier molecular flexibility index (Phi) is 6.24. The molecule has 1 atom stereocenters. The van der Waals surface area contributed by atoms with Crippen LogP contribution in [0.15, 0.2) is 24.3 Å². The van der Waals surface area contributed by atoms with E-state index >= 15 is 0 Å². The Morgan fingerprint density at radius 2 is 1.94 bits per heavy atom. The average molecular weight is 265 g/mol. The van der Waals surface area contributed by atoms with Gasteiger partial charge < -0.3 is 5.32 Å².